The SMILES string of the molecule is CCOC(=O)C1=C(C)N=c2s/c(=C/c3ccc(OC(F)F)cc3)c(=O)n2[C@H]1c1ccc(OC)cc1OC. The molecule has 0 fully saturated rings. The van der Waals surface area contributed by atoms with Gasteiger partial charge in [0.25, 0.3) is 5.56 Å². The van der Waals surface area contributed by atoms with Gasteiger partial charge in [-0.2, -0.15) is 8.78 Å². The molecule has 3 aromatic rings. The van der Waals surface area contributed by atoms with Crippen LogP contribution in [-0.2, 0) is 9.53 Å². The fourth-order valence-corrected chi connectivity index (χ4v) is 5.07. The summed E-state index contributed by atoms with van der Waals surface area (Å²) in [4.78, 5) is 31.7. The number of ether oxygens (including phenoxy) is 4. The number of rotatable bonds is 8. The van der Waals surface area contributed by atoms with Crippen LogP contribution < -0.4 is 29.1 Å². The van der Waals surface area contributed by atoms with E-state index < -0.39 is 18.6 Å². The molecular formula is C26H24F2N2O6S. The first-order chi connectivity index (χ1) is 17.8. The maximum absolute atomic E-state index is 13.7. The minimum absolute atomic E-state index is 0.00918. The Morgan fingerprint density at radius 2 is 1.84 bits per heavy atom. The summed E-state index contributed by atoms with van der Waals surface area (Å²) in [7, 11) is 3.02. The summed E-state index contributed by atoms with van der Waals surface area (Å²) < 4.78 is 47.3. The summed E-state index contributed by atoms with van der Waals surface area (Å²) in [6.45, 7) is 0.608. The number of nitrogens with zero attached hydrogens (tertiary/aromatic N) is 2. The Kier molecular flexibility index (Phi) is 7.72. The number of esters is 1. The third kappa shape index (κ3) is 5.26. The second-order valence-corrected chi connectivity index (χ2v) is 8.87. The Morgan fingerprint density at radius 3 is 2.46 bits per heavy atom. The lowest BCUT2D eigenvalue weighted by Crippen LogP contribution is -2.40. The number of alkyl halides is 2. The van der Waals surface area contributed by atoms with Crippen molar-refractivity contribution in [2.75, 3.05) is 20.8 Å². The molecule has 0 radical (unpaired) electrons. The summed E-state index contributed by atoms with van der Waals surface area (Å²) in [5.41, 5.74) is 1.42. The first-order valence-corrected chi connectivity index (χ1v) is 12.1. The van der Waals surface area contributed by atoms with Crippen LogP contribution in [0.15, 0.2) is 63.5 Å². The van der Waals surface area contributed by atoms with Crippen molar-refractivity contribution < 1.29 is 32.5 Å². The number of carbonyl (C=O) groups excluding carboxylic acids is 1. The minimum Gasteiger partial charge on any atom is -0.497 e. The second-order valence-electron chi connectivity index (χ2n) is 7.86. The van der Waals surface area contributed by atoms with Gasteiger partial charge in [0.15, 0.2) is 4.80 Å². The van der Waals surface area contributed by atoms with E-state index in [0.717, 1.165) is 11.3 Å². The number of hydrogen-bond acceptors (Lipinski definition) is 8. The van der Waals surface area contributed by atoms with E-state index in [1.807, 2.05) is 0 Å². The molecular weight excluding hydrogens is 506 g/mol. The standard InChI is InChI=1S/C26H24F2N2O6S/c1-5-35-24(32)21-14(2)29-26-30(22(21)18-11-10-17(33-3)13-19(18)34-4)23(31)20(37-26)12-15-6-8-16(9-7-15)36-25(27)28/h6-13,22,25H,5H2,1-4H3/b20-12+/t22-/m0/s1. The van der Waals surface area contributed by atoms with E-state index in [4.69, 9.17) is 14.2 Å². The van der Waals surface area contributed by atoms with Crippen molar-refractivity contribution in [1.82, 2.24) is 4.57 Å². The molecule has 0 saturated heterocycles. The highest BCUT2D eigenvalue weighted by Crippen LogP contribution is 2.37. The zero-order valence-corrected chi connectivity index (χ0v) is 21.3. The molecule has 0 unspecified atom stereocenters. The first kappa shape index (κ1) is 26.1. The number of benzene rings is 2. The van der Waals surface area contributed by atoms with Crippen LogP contribution in [0.5, 0.6) is 17.2 Å². The Labute approximate surface area is 214 Å². The molecule has 2 heterocycles. The smallest absolute Gasteiger partial charge is 0.387 e. The predicted octanol–water partition coefficient (Wildman–Crippen LogP) is 3.42. The summed E-state index contributed by atoms with van der Waals surface area (Å²) in [5.74, 6) is 0.390. The fraction of sp³-hybridized carbons (Fsp3) is 0.269. The Morgan fingerprint density at radius 1 is 1.14 bits per heavy atom. The fourth-order valence-electron chi connectivity index (χ4n) is 4.03. The number of hydrogen-bond donors (Lipinski definition) is 0. The zero-order valence-electron chi connectivity index (χ0n) is 20.5. The van der Waals surface area contributed by atoms with Crippen LogP contribution in [0.25, 0.3) is 6.08 Å². The molecule has 0 amide bonds. The van der Waals surface area contributed by atoms with Crippen molar-refractivity contribution in [1.29, 1.82) is 0 Å². The molecule has 1 aliphatic rings. The van der Waals surface area contributed by atoms with Crippen LogP contribution in [-0.4, -0.2) is 38.0 Å². The monoisotopic (exact) mass is 530 g/mol. The predicted molar refractivity (Wildman–Crippen MR) is 133 cm³/mol. The van der Waals surface area contributed by atoms with Gasteiger partial charge in [0, 0.05) is 11.6 Å². The highest BCUT2D eigenvalue weighted by molar-refractivity contribution is 7.07. The highest BCUT2D eigenvalue weighted by Gasteiger charge is 2.35. The molecule has 8 nitrogen and oxygen atoms in total. The first-order valence-electron chi connectivity index (χ1n) is 11.2. The highest BCUT2D eigenvalue weighted by atomic mass is 32.1. The molecule has 4 rings (SSSR count). The average Bonchev–Trinajstić information content (AvgIpc) is 3.17. The Hall–Kier alpha value is -3.99. The van der Waals surface area contributed by atoms with Crippen molar-refractivity contribution >= 4 is 23.4 Å². The van der Waals surface area contributed by atoms with Crippen LogP contribution in [0.3, 0.4) is 0 Å². The van der Waals surface area contributed by atoms with Crippen molar-refractivity contribution in [2.45, 2.75) is 26.5 Å². The largest absolute Gasteiger partial charge is 0.497 e. The van der Waals surface area contributed by atoms with Crippen LogP contribution in [0, 0.1) is 0 Å². The van der Waals surface area contributed by atoms with E-state index in [0.29, 0.717) is 37.7 Å². The van der Waals surface area contributed by atoms with E-state index in [-0.39, 0.29) is 23.5 Å². The third-order valence-corrected chi connectivity index (χ3v) is 6.64. The molecule has 0 aliphatic carbocycles. The summed E-state index contributed by atoms with van der Waals surface area (Å²) in [6.07, 6.45) is 1.63. The maximum atomic E-state index is 13.7. The van der Waals surface area contributed by atoms with Gasteiger partial charge in [0.05, 0.1) is 36.6 Å². The molecule has 1 atom stereocenters. The molecule has 11 heteroatoms. The van der Waals surface area contributed by atoms with Crippen molar-refractivity contribution in [3.05, 3.63) is 84.5 Å². The lowest BCUT2D eigenvalue weighted by molar-refractivity contribution is -0.139. The number of methoxy groups -OCH3 is 2. The molecule has 0 N–H and O–H groups in total. The topological polar surface area (TPSA) is 88.4 Å². The normalized spacial score (nSPS) is 15.3. The van der Waals surface area contributed by atoms with Crippen molar-refractivity contribution in [3.63, 3.8) is 0 Å². The van der Waals surface area contributed by atoms with Crippen LogP contribution in [0.4, 0.5) is 8.78 Å². The maximum Gasteiger partial charge on any atom is 0.387 e. The molecule has 194 valence electrons. The van der Waals surface area contributed by atoms with Gasteiger partial charge in [-0.1, -0.05) is 23.5 Å². The van der Waals surface area contributed by atoms with Gasteiger partial charge < -0.3 is 18.9 Å². The second kappa shape index (κ2) is 11.0. The van der Waals surface area contributed by atoms with Gasteiger partial charge in [0.2, 0.25) is 0 Å². The van der Waals surface area contributed by atoms with Gasteiger partial charge >= 0.3 is 12.6 Å². The van der Waals surface area contributed by atoms with Crippen LogP contribution >= 0.6 is 11.3 Å². The van der Waals surface area contributed by atoms with E-state index in [1.54, 1.807) is 50.3 Å². The van der Waals surface area contributed by atoms with E-state index >= 15 is 0 Å². The summed E-state index contributed by atoms with van der Waals surface area (Å²) in [5, 5.41) is 0. The van der Waals surface area contributed by atoms with Gasteiger partial charge in [-0.3, -0.25) is 9.36 Å². The summed E-state index contributed by atoms with van der Waals surface area (Å²) in [6, 6.07) is 10.2. The van der Waals surface area contributed by atoms with Crippen LogP contribution in [0.2, 0.25) is 0 Å². The van der Waals surface area contributed by atoms with E-state index in [9.17, 15) is 18.4 Å². The molecule has 2 aromatic carbocycles. The van der Waals surface area contributed by atoms with Crippen LogP contribution in [0.1, 0.15) is 31.0 Å². The van der Waals surface area contributed by atoms with Crippen molar-refractivity contribution in [2.24, 2.45) is 4.99 Å². The summed E-state index contributed by atoms with van der Waals surface area (Å²) >= 11 is 1.15. The number of thiazole rings is 1. The number of allylic oxidation sites excluding steroid dienone is 1. The van der Waals surface area contributed by atoms with Gasteiger partial charge in [-0.15, -0.1) is 0 Å². The molecule has 1 aliphatic heterocycles. The average molecular weight is 531 g/mol. The molecule has 0 bridgehead atoms. The number of aromatic nitrogens is 1. The van der Waals surface area contributed by atoms with E-state index in [2.05, 4.69) is 9.73 Å². The lowest BCUT2D eigenvalue weighted by atomic mass is 9.95. The molecule has 37 heavy (non-hydrogen) atoms. The molecule has 0 saturated carbocycles. The van der Waals surface area contributed by atoms with Gasteiger partial charge in [-0.05, 0) is 49.8 Å². The lowest BCUT2D eigenvalue weighted by Gasteiger charge is -2.26. The number of carbonyl (C=O) groups is 1. The molecule has 1 aromatic heterocycles. The molecule has 0 spiro atoms. The third-order valence-electron chi connectivity index (χ3n) is 5.66. The van der Waals surface area contributed by atoms with E-state index in [1.165, 1.54) is 30.9 Å². The van der Waals surface area contributed by atoms with Gasteiger partial charge in [-0.25, -0.2) is 9.79 Å². The number of fused-ring (bicyclic) bond motifs is 1. The Balaban J connectivity index is 1.90. The minimum atomic E-state index is -2.93. The van der Waals surface area contributed by atoms with Gasteiger partial charge in [0.1, 0.15) is 23.3 Å². The Bertz CT molecular complexity index is 1530. The van der Waals surface area contributed by atoms with Crippen molar-refractivity contribution in [3.8, 4) is 17.2 Å². The zero-order chi connectivity index (χ0) is 26.7. The quantitative estimate of drug-likeness (QED) is 0.415. The number of halogens is 2.